The number of hydrogen-bond acceptors (Lipinski definition) is 4. The summed E-state index contributed by atoms with van der Waals surface area (Å²) in [6.07, 6.45) is 1.00. The van der Waals surface area contributed by atoms with Crippen LogP contribution in [-0.4, -0.2) is 20.1 Å². The van der Waals surface area contributed by atoms with E-state index in [4.69, 9.17) is 15.2 Å². The lowest BCUT2D eigenvalue weighted by Gasteiger charge is -2.13. The highest BCUT2D eigenvalue weighted by atomic mass is 79.9. The van der Waals surface area contributed by atoms with Gasteiger partial charge in [0, 0.05) is 23.1 Å². The van der Waals surface area contributed by atoms with E-state index < -0.39 is 0 Å². The van der Waals surface area contributed by atoms with E-state index in [1.807, 2.05) is 36.4 Å². The molecule has 0 fully saturated rings. The van der Waals surface area contributed by atoms with Gasteiger partial charge in [-0.2, -0.15) is 0 Å². The summed E-state index contributed by atoms with van der Waals surface area (Å²) in [6, 6.07) is 11.3. The molecule has 0 aliphatic carbocycles. The molecule has 128 valence electrons. The SMILES string of the molecule is COc1cc(Br)c(CNC(=O)CCc2ccccc2N)cc1OC. The van der Waals surface area contributed by atoms with Crippen LogP contribution in [0, 0.1) is 0 Å². The van der Waals surface area contributed by atoms with E-state index >= 15 is 0 Å². The monoisotopic (exact) mass is 392 g/mol. The molecule has 6 heteroatoms. The second kappa shape index (κ2) is 8.59. The van der Waals surface area contributed by atoms with Crippen molar-refractivity contribution in [3.8, 4) is 11.5 Å². The van der Waals surface area contributed by atoms with Crippen molar-refractivity contribution < 1.29 is 14.3 Å². The summed E-state index contributed by atoms with van der Waals surface area (Å²) >= 11 is 3.48. The molecule has 0 unspecified atom stereocenters. The third kappa shape index (κ3) is 4.64. The minimum Gasteiger partial charge on any atom is -0.493 e. The molecule has 0 saturated carbocycles. The van der Waals surface area contributed by atoms with E-state index in [0.29, 0.717) is 36.6 Å². The van der Waals surface area contributed by atoms with Gasteiger partial charge in [-0.1, -0.05) is 34.1 Å². The second-order valence-corrected chi connectivity index (χ2v) is 6.13. The van der Waals surface area contributed by atoms with Gasteiger partial charge in [-0.15, -0.1) is 0 Å². The van der Waals surface area contributed by atoms with Crippen LogP contribution in [0.25, 0.3) is 0 Å². The lowest BCUT2D eigenvalue weighted by molar-refractivity contribution is -0.121. The van der Waals surface area contributed by atoms with Crippen LogP contribution in [0.3, 0.4) is 0 Å². The number of rotatable bonds is 7. The maximum absolute atomic E-state index is 12.1. The number of methoxy groups -OCH3 is 2. The first-order valence-corrected chi connectivity index (χ1v) is 8.35. The number of nitrogens with two attached hydrogens (primary N) is 1. The zero-order valence-electron chi connectivity index (χ0n) is 13.8. The maximum atomic E-state index is 12.1. The molecule has 0 atom stereocenters. The van der Waals surface area contributed by atoms with E-state index in [1.54, 1.807) is 14.2 Å². The molecular formula is C18H21BrN2O3. The lowest BCUT2D eigenvalue weighted by Crippen LogP contribution is -2.23. The Morgan fingerprint density at radius 2 is 1.79 bits per heavy atom. The van der Waals surface area contributed by atoms with Gasteiger partial charge in [-0.25, -0.2) is 0 Å². The fourth-order valence-electron chi connectivity index (χ4n) is 2.32. The van der Waals surface area contributed by atoms with Crippen molar-refractivity contribution in [3.05, 3.63) is 52.0 Å². The largest absolute Gasteiger partial charge is 0.493 e. The van der Waals surface area contributed by atoms with Crippen molar-refractivity contribution in [2.24, 2.45) is 0 Å². The number of carbonyl (C=O) groups excluding carboxylic acids is 1. The van der Waals surface area contributed by atoms with Crippen LogP contribution >= 0.6 is 15.9 Å². The van der Waals surface area contributed by atoms with Crippen LogP contribution in [-0.2, 0) is 17.8 Å². The summed E-state index contributed by atoms with van der Waals surface area (Å²) in [5.41, 5.74) is 8.51. The van der Waals surface area contributed by atoms with E-state index in [9.17, 15) is 4.79 Å². The number of aryl methyl sites for hydroxylation is 1. The molecule has 0 aliphatic heterocycles. The van der Waals surface area contributed by atoms with Gasteiger partial charge in [0.05, 0.1) is 14.2 Å². The zero-order chi connectivity index (χ0) is 17.5. The summed E-state index contributed by atoms with van der Waals surface area (Å²) < 4.78 is 11.4. The molecule has 5 nitrogen and oxygen atoms in total. The highest BCUT2D eigenvalue weighted by Gasteiger charge is 2.11. The molecule has 0 aliphatic rings. The van der Waals surface area contributed by atoms with Crippen LogP contribution in [0.4, 0.5) is 5.69 Å². The average Bonchev–Trinajstić information content (AvgIpc) is 2.59. The molecule has 24 heavy (non-hydrogen) atoms. The Hall–Kier alpha value is -2.21. The quantitative estimate of drug-likeness (QED) is 0.708. The van der Waals surface area contributed by atoms with Gasteiger partial charge in [-0.05, 0) is 35.7 Å². The summed E-state index contributed by atoms with van der Waals surface area (Å²) in [5, 5.41) is 2.91. The van der Waals surface area contributed by atoms with Gasteiger partial charge < -0.3 is 20.5 Å². The fourth-order valence-corrected chi connectivity index (χ4v) is 2.79. The third-order valence-corrected chi connectivity index (χ3v) is 4.44. The van der Waals surface area contributed by atoms with Gasteiger partial charge >= 0.3 is 0 Å². The van der Waals surface area contributed by atoms with Crippen LogP contribution in [0.2, 0.25) is 0 Å². The van der Waals surface area contributed by atoms with Crippen molar-refractivity contribution in [2.45, 2.75) is 19.4 Å². The normalized spacial score (nSPS) is 10.3. The van der Waals surface area contributed by atoms with E-state index in [2.05, 4.69) is 21.2 Å². The Bertz CT molecular complexity index is 719. The van der Waals surface area contributed by atoms with Crippen molar-refractivity contribution >= 4 is 27.5 Å². The zero-order valence-corrected chi connectivity index (χ0v) is 15.4. The van der Waals surface area contributed by atoms with Crippen molar-refractivity contribution in [1.29, 1.82) is 0 Å². The first-order valence-electron chi connectivity index (χ1n) is 7.55. The van der Waals surface area contributed by atoms with Gasteiger partial charge in [0.1, 0.15) is 0 Å². The summed E-state index contributed by atoms with van der Waals surface area (Å²) in [5.74, 6) is 1.24. The average molecular weight is 393 g/mol. The second-order valence-electron chi connectivity index (χ2n) is 5.27. The molecule has 0 bridgehead atoms. The standard InChI is InChI=1S/C18H21BrN2O3/c1-23-16-9-13(14(19)10-17(16)24-2)11-21-18(22)8-7-12-5-3-4-6-15(12)20/h3-6,9-10H,7-8,11,20H2,1-2H3,(H,21,22). The number of benzene rings is 2. The minimum atomic E-state index is -0.0278. The lowest BCUT2D eigenvalue weighted by atomic mass is 10.1. The van der Waals surface area contributed by atoms with Gasteiger partial charge in [0.2, 0.25) is 5.91 Å². The molecule has 0 radical (unpaired) electrons. The number of para-hydroxylation sites is 1. The van der Waals surface area contributed by atoms with Gasteiger partial charge in [0.25, 0.3) is 0 Å². The maximum Gasteiger partial charge on any atom is 0.220 e. The van der Waals surface area contributed by atoms with E-state index in [1.165, 1.54) is 0 Å². The molecule has 3 N–H and O–H groups in total. The molecule has 2 rings (SSSR count). The Morgan fingerprint density at radius 1 is 1.12 bits per heavy atom. The summed E-state index contributed by atoms with van der Waals surface area (Å²) in [4.78, 5) is 12.1. The minimum absolute atomic E-state index is 0.0278. The fraction of sp³-hybridized carbons (Fsp3) is 0.278. The molecular weight excluding hydrogens is 372 g/mol. The number of ether oxygens (including phenoxy) is 2. The van der Waals surface area contributed by atoms with Crippen LogP contribution in [0.5, 0.6) is 11.5 Å². The van der Waals surface area contributed by atoms with Crippen molar-refractivity contribution in [3.63, 3.8) is 0 Å². The molecule has 0 saturated heterocycles. The predicted molar refractivity (Wildman–Crippen MR) is 98.3 cm³/mol. The summed E-state index contributed by atoms with van der Waals surface area (Å²) in [6.45, 7) is 0.407. The van der Waals surface area contributed by atoms with Crippen molar-refractivity contribution in [1.82, 2.24) is 5.32 Å². The number of hydrogen-bond donors (Lipinski definition) is 2. The molecule has 1 amide bonds. The highest BCUT2D eigenvalue weighted by Crippen LogP contribution is 2.33. The number of carbonyl (C=O) groups is 1. The Morgan fingerprint density at radius 3 is 2.46 bits per heavy atom. The molecule has 2 aromatic carbocycles. The smallest absolute Gasteiger partial charge is 0.220 e. The third-order valence-electron chi connectivity index (χ3n) is 3.71. The topological polar surface area (TPSA) is 73.6 Å². The van der Waals surface area contributed by atoms with Gasteiger partial charge in [0.15, 0.2) is 11.5 Å². The Kier molecular flexibility index (Phi) is 6.49. The van der Waals surface area contributed by atoms with Gasteiger partial charge in [-0.3, -0.25) is 4.79 Å². The number of anilines is 1. The van der Waals surface area contributed by atoms with Crippen LogP contribution in [0.1, 0.15) is 17.5 Å². The van der Waals surface area contributed by atoms with E-state index in [-0.39, 0.29) is 5.91 Å². The highest BCUT2D eigenvalue weighted by molar-refractivity contribution is 9.10. The molecule has 0 heterocycles. The summed E-state index contributed by atoms with van der Waals surface area (Å²) in [7, 11) is 3.17. The number of nitrogens with one attached hydrogen (secondary N) is 1. The first-order chi connectivity index (χ1) is 11.5. The van der Waals surface area contributed by atoms with Crippen LogP contribution in [0.15, 0.2) is 40.9 Å². The number of halogens is 1. The predicted octanol–water partition coefficient (Wildman–Crippen LogP) is 3.30. The molecule has 0 spiro atoms. The van der Waals surface area contributed by atoms with Crippen LogP contribution < -0.4 is 20.5 Å². The molecule has 0 aromatic heterocycles. The van der Waals surface area contributed by atoms with Crippen molar-refractivity contribution in [2.75, 3.05) is 20.0 Å². The van der Waals surface area contributed by atoms with E-state index in [0.717, 1.165) is 15.6 Å². The molecule has 2 aromatic rings. The Labute approximate surface area is 150 Å². The number of nitrogen functional groups attached to an aromatic ring is 1. The number of amides is 1. The Balaban J connectivity index is 1.93. The first kappa shape index (κ1) is 18.1.